The predicted octanol–water partition coefficient (Wildman–Crippen LogP) is 1.71. The zero-order valence-corrected chi connectivity index (χ0v) is 10.6. The molecule has 0 bridgehead atoms. The molecule has 0 aromatic heterocycles. The van der Waals surface area contributed by atoms with Crippen molar-refractivity contribution in [3.63, 3.8) is 0 Å². The fraction of sp³-hybridized carbons (Fsp3) is 0.385. The van der Waals surface area contributed by atoms with Crippen LogP contribution in [0, 0.1) is 17.0 Å². The van der Waals surface area contributed by atoms with Gasteiger partial charge in [-0.1, -0.05) is 0 Å². The van der Waals surface area contributed by atoms with E-state index in [-0.39, 0.29) is 23.9 Å². The average molecular weight is 262 g/mol. The summed E-state index contributed by atoms with van der Waals surface area (Å²) in [5.41, 5.74) is 0.822. The Labute approximate surface area is 110 Å². The van der Waals surface area contributed by atoms with Crippen molar-refractivity contribution in [1.29, 1.82) is 0 Å². The molecule has 1 aliphatic heterocycles. The van der Waals surface area contributed by atoms with Crippen molar-refractivity contribution in [2.75, 3.05) is 13.1 Å². The number of rotatable bonds is 2. The Hall–Kier alpha value is -2.24. The van der Waals surface area contributed by atoms with E-state index in [0.29, 0.717) is 30.5 Å². The minimum Gasteiger partial charge on any atom is -0.331 e. The number of Topliss-reactive ketones (excluding diaryl/α,β-unsaturated/α-hetero) is 1. The molecular weight excluding hydrogens is 248 g/mol. The van der Waals surface area contributed by atoms with Crippen LogP contribution >= 0.6 is 0 Å². The third-order valence-corrected chi connectivity index (χ3v) is 3.18. The lowest BCUT2D eigenvalue weighted by atomic mass is 10.1. The van der Waals surface area contributed by atoms with Crippen LogP contribution in [0.5, 0.6) is 0 Å². The molecule has 0 spiro atoms. The molecule has 0 radical (unpaired) electrons. The lowest BCUT2D eigenvalue weighted by Crippen LogP contribution is -2.40. The maximum absolute atomic E-state index is 12.2. The van der Waals surface area contributed by atoms with Gasteiger partial charge in [0.25, 0.3) is 11.6 Å². The van der Waals surface area contributed by atoms with Gasteiger partial charge >= 0.3 is 0 Å². The molecule has 1 saturated heterocycles. The molecule has 19 heavy (non-hydrogen) atoms. The number of piperidine rings is 1. The highest BCUT2D eigenvalue weighted by Crippen LogP contribution is 2.20. The van der Waals surface area contributed by atoms with E-state index in [1.807, 2.05) is 0 Å². The van der Waals surface area contributed by atoms with Crippen LogP contribution in [-0.4, -0.2) is 34.6 Å². The van der Waals surface area contributed by atoms with Crippen LogP contribution in [0.25, 0.3) is 0 Å². The molecule has 0 N–H and O–H groups in total. The number of hydrogen-bond donors (Lipinski definition) is 0. The number of carbonyl (C=O) groups excluding carboxylic acids is 2. The molecule has 0 unspecified atom stereocenters. The minimum atomic E-state index is -0.478. The predicted molar refractivity (Wildman–Crippen MR) is 68.0 cm³/mol. The molecule has 1 aromatic rings. The molecule has 1 aliphatic rings. The monoisotopic (exact) mass is 262 g/mol. The number of hydrogen-bond acceptors (Lipinski definition) is 4. The number of likely N-dealkylation sites (tertiary alicyclic amines) is 1. The molecule has 1 aromatic carbocycles. The van der Waals surface area contributed by atoms with Gasteiger partial charge in [0.1, 0.15) is 0 Å². The van der Waals surface area contributed by atoms with Crippen molar-refractivity contribution >= 4 is 17.4 Å². The van der Waals surface area contributed by atoms with Crippen molar-refractivity contribution in [2.45, 2.75) is 19.8 Å². The minimum absolute atomic E-state index is 0.00808. The standard InChI is InChI=1S/C13H14N2O4/c1-9-7-10(4-5-12(9)15(18)19)13(17)14-6-2-3-11(16)8-14/h4-5,7H,2-3,6,8H2,1H3. The topological polar surface area (TPSA) is 80.5 Å². The van der Waals surface area contributed by atoms with Crippen LogP contribution in [0.4, 0.5) is 5.69 Å². The molecule has 2 rings (SSSR count). The smallest absolute Gasteiger partial charge is 0.272 e. The molecule has 1 heterocycles. The van der Waals surface area contributed by atoms with Gasteiger partial charge in [0, 0.05) is 30.2 Å². The summed E-state index contributed by atoms with van der Waals surface area (Å²) in [6.07, 6.45) is 1.19. The van der Waals surface area contributed by atoms with Crippen LogP contribution in [0.2, 0.25) is 0 Å². The van der Waals surface area contributed by atoms with E-state index in [9.17, 15) is 19.7 Å². The molecule has 6 heteroatoms. The molecule has 6 nitrogen and oxygen atoms in total. The van der Waals surface area contributed by atoms with Gasteiger partial charge < -0.3 is 4.90 Å². The van der Waals surface area contributed by atoms with Gasteiger partial charge in [0.05, 0.1) is 11.5 Å². The number of benzene rings is 1. The van der Waals surface area contributed by atoms with Crippen molar-refractivity contribution in [2.24, 2.45) is 0 Å². The second kappa shape index (κ2) is 5.17. The highest BCUT2D eigenvalue weighted by atomic mass is 16.6. The quantitative estimate of drug-likeness (QED) is 0.600. The summed E-state index contributed by atoms with van der Waals surface area (Å²) in [6.45, 7) is 2.28. The number of amides is 1. The summed E-state index contributed by atoms with van der Waals surface area (Å²) in [4.78, 5) is 35.2. The Bertz CT molecular complexity index is 554. The molecule has 100 valence electrons. The zero-order chi connectivity index (χ0) is 14.0. The zero-order valence-electron chi connectivity index (χ0n) is 10.6. The highest BCUT2D eigenvalue weighted by Gasteiger charge is 2.23. The summed E-state index contributed by atoms with van der Waals surface area (Å²) in [5.74, 6) is -0.190. The summed E-state index contributed by atoms with van der Waals surface area (Å²) in [5, 5.41) is 10.7. The number of nitro groups is 1. The summed E-state index contributed by atoms with van der Waals surface area (Å²) >= 11 is 0. The fourth-order valence-corrected chi connectivity index (χ4v) is 2.19. The van der Waals surface area contributed by atoms with Crippen LogP contribution in [-0.2, 0) is 4.79 Å². The lowest BCUT2D eigenvalue weighted by molar-refractivity contribution is -0.385. The maximum Gasteiger partial charge on any atom is 0.272 e. The Morgan fingerprint density at radius 3 is 2.74 bits per heavy atom. The van der Waals surface area contributed by atoms with Crippen LogP contribution < -0.4 is 0 Å². The second-order valence-electron chi connectivity index (χ2n) is 4.63. The molecule has 0 saturated carbocycles. The maximum atomic E-state index is 12.2. The van der Waals surface area contributed by atoms with Gasteiger partial charge in [-0.3, -0.25) is 19.7 Å². The number of nitro benzene ring substituents is 1. The molecular formula is C13H14N2O4. The van der Waals surface area contributed by atoms with E-state index >= 15 is 0 Å². The van der Waals surface area contributed by atoms with E-state index in [1.54, 1.807) is 6.92 Å². The van der Waals surface area contributed by atoms with Crippen molar-refractivity contribution in [3.8, 4) is 0 Å². The van der Waals surface area contributed by atoms with Crippen molar-refractivity contribution < 1.29 is 14.5 Å². The Morgan fingerprint density at radius 2 is 2.16 bits per heavy atom. The average Bonchev–Trinajstić information content (AvgIpc) is 2.37. The fourth-order valence-electron chi connectivity index (χ4n) is 2.19. The van der Waals surface area contributed by atoms with Gasteiger partial charge in [-0.2, -0.15) is 0 Å². The SMILES string of the molecule is Cc1cc(C(=O)N2CCCC(=O)C2)ccc1[N+](=O)[O-]. The van der Waals surface area contributed by atoms with Crippen molar-refractivity contribution in [3.05, 3.63) is 39.4 Å². The normalized spacial score (nSPS) is 15.4. The third kappa shape index (κ3) is 2.78. The molecule has 1 amide bonds. The van der Waals surface area contributed by atoms with E-state index in [4.69, 9.17) is 0 Å². The first-order valence-corrected chi connectivity index (χ1v) is 6.05. The Morgan fingerprint density at radius 1 is 1.42 bits per heavy atom. The molecule has 0 aliphatic carbocycles. The second-order valence-corrected chi connectivity index (χ2v) is 4.63. The first-order valence-electron chi connectivity index (χ1n) is 6.05. The highest BCUT2D eigenvalue weighted by molar-refractivity contribution is 5.97. The van der Waals surface area contributed by atoms with E-state index < -0.39 is 4.92 Å². The van der Waals surface area contributed by atoms with Gasteiger partial charge in [-0.05, 0) is 25.5 Å². The van der Waals surface area contributed by atoms with E-state index in [0.717, 1.165) is 0 Å². The summed E-state index contributed by atoms with van der Waals surface area (Å²) in [6, 6.07) is 4.26. The van der Waals surface area contributed by atoms with Crippen LogP contribution in [0.3, 0.4) is 0 Å². The molecule has 0 atom stereocenters. The van der Waals surface area contributed by atoms with E-state index in [1.165, 1.54) is 23.1 Å². The Kier molecular flexibility index (Phi) is 3.59. The summed E-state index contributed by atoms with van der Waals surface area (Å²) < 4.78 is 0. The van der Waals surface area contributed by atoms with E-state index in [2.05, 4.69) is 0 Å². The van der Waals surface area contributed by atoms with Crippen molar-refractivity contribution in [1.82, 2.24) is 4.90 Å². The van der Waals surface area contributed by atoms with Crippen LogP contribution in [0.15, 0.2) is 18.2 Å². The number of nitrogens with zero attached hydrogens (tertiary/aromatic N) is 2. The number of aryl methyl sites for hydroxylation is 1. The lowest BCUT2D eigenvalue weighted by Gasteiger charge is -2.25. The number of ketones is 1. The van der Waals surface area contributed by atoms with Gasteiger partial charge in [-0.15, -0.1) is 0 Å². The van der Waals surface area contributed by atoms with Gasteiger partial charge in [-0.25, -0.2) is 0 Å². The first kappa shape index (κ1) is 13.2. The van der Waals surface area contributed by atoms with Crippen LogP contribution in [0.1, 0.15) is 28.8 Å². The largest absolute Gasteiger partial charge is 0.331 e. The van der Waals surface area contributed by atoms with Gasteiger partial charge in [0.2, 0.25) is 0 Å². The molecule has 1 fully saturated rings. The number of carbonyl (C=O) groups is 2. The third-order valence-electron chi connectivity index (χ3n) is 3.18. The van der Waals surface area contributed by atoms with Gasteiger partial charge in [0.15, 0.2) is 5.78 Å². The summed E-state index contributed by atoms with van der Waals surface area (Å²) in [7, 11) is 0. The first-order chi connectivity index (χ1) is 8.99. The Balaban J connectivity index is 2.22.